The minimum atomic E-state index is -0.722. The molecule has 2 aromatic rings. The molecule has 0 aromatic carbocycles. The molecule has 0 aliphatic rings. The van der Waals surface area contributed by atoms with Crippen molar-refractivity contribution in [2.24, 2.45) is 0 Å². The van der Waals surface area contributed by atoms with Gasteiger partial charge in [0.2, 0.25) is 0 Å². The molecule has 17 heavy (non-hydrogen) atoms. The van der Waals surface area contributed by atoms with Crippen molar-refractivity contribution in [1.29, 1.82) is 0 Å². The Labute approximate surface area is 94.1 Å². The highest BCUT2D eigenvalue weighted by Crippen LogP contribution is 1.90. The zero-order valence-corrected chi connectivity index (χ0v) is 8.61. The van der Waals surface area contributed by atoms with Gasteiger partial charge in [-0.25, -0.2) is 9.78 Å². The highest BCUT2D eigenvalue weighted by molar-refractivity contribution is 5.91. The molecule has 8 nitrogen and oxygen atoms in total. The molecule has 8 heteroatoms. The molecule has 4 N–H and O–H groups in total. The first-order chi connectivity index (χ1) is 8.15. The van der Waals surface area contributed by atoms with Gasteiger partial charge in [0.1, 0.15) is 11.5 Å². The maximum atomic E-state index is 11.6. The van der Waals surface area contributed by atoms with E-state index in [2.05, 4.69) is 20.3 Å². The number of aromatic amines is 3. The minimum absolute atomic E-state index is 0.0923. The van der Waals surface area contributed by atoms with E-state index in [1.165, 1.54) is 0 Å². The van der Waals surface area contributed by atoms with Crippen molar-refractivity contribution in [3.63, 3.8) is 0 Å². The van der Waals surface area contributed by atoms with E-state index in [1.807, 2.05) is 4.98 Å². The van der Waals surface area contributed by atoms with E-state index in [4.69, 9.17) is 0 Å². The maximum absolute atomic E-state index is 11.6. The fourth-order valence-corrected chi connectivity index (χ4v) is 1.24. The molecule has 2 rings (SSSR count). The van der Waals surface area contributed by atoms with Gasteiger partial charge >= 0.3 is 5.69 Å². The van der Waals surface area contributed by atoms with Gasteiger partial charge in [-0.1, -0.05) is 0 Å². The lowest BCUT2D eigenvalue weighted by atomic mass is 10.4. The summed E-state index contributed by atoms with van der Waals surface area (Å²) in [5.74, 6) is 0.0233. The third-order valence-electron chi connectivity index (χ3n) is 1.98. The maximum Gasteiger partial charge on any atom is 0.326 e. The number of carbonyl (C=O) groups is 1. The summed E-state index contributed by atoms with van der Waals surface area (Å²) in [4.78, 5) is 44.4. The average molecular weight is 235 g/mol. The zero-order chi connectivity index (χ0) is 12.3. The number of rotatable bonds is 3. The molecular weight excluding hydrogens is 226 g/mol. The molecule has 88 valence electrons. The van der Waals surface area contributed by atoms with E-state index < -0.39 is 17.2 Å². The summed E-state index contributed by atoms with van der Waals surface area (Å²) in [7, 11) is 0. The molecule has 2 aromatic heterocycles. The number of carbonyl (C=O) groups excluding carboxylic acids is 1. The van der Waals surface area contributed by atoms with Gasteiger partial charge < -0.3 is 15.3 Å². The first-order valence-electron chi connectivity index (χ1n) is 4.75. The van der Waals surface area contributed by atoms with E-state index in [1.54, 1.807) is 12.4 Å². The molecule has 0 radical (unpaired) electrons. The van der Waals surface area contributed by atoms with Crippen LogP contribution in [0, 0.1) is 0 Å². The number of amides is 1. The smallest absolute Gasteiger partial charge is 0.326 e. The lowest BCUT2D eigenvalue weighted by molar-refractivity contribution is 0.0944. The van der Waals surface area contributed by atoms with Gasteiger partial charge in [0.25, 0.3) is 11.5 Å². The van der Waals surface area contributed by atoms with E-state index in [9.17, 15) is 14.4 Å². The van der Waals surface area contributed by atoms with E-state index in [-0.39, 0.29) is 12.2 Å². The van der Waals surface area contributed by atoms with Gasteiger partial charge in [0.15, 0.2) is 0 Å². The summed E-state index contributed by atoms with van der Waals surface area (Å²) in [6.07, 6.45) is 3.17. The van der Waals surface area contributed by atoms with E-state index in [0.29, 0.717) is 5.82 Å². The van der Waals surface area contributed by atoms with Crippen molar-refractivity contribution in [2.45, 2.75) is 6.54 Å². The van der Waals surface area contributed by atoms with Crippen LogP contribution in [0.2, 0.25) is 0 Å². The first kappa shape index (κ1) is 10.9. The third kappa shape index (κ3) is 2.68. The molecule has 0 saturated carbocycles. The molecule has 0 aliphatic carbocycles. The van der Waals surface area contributed by atoms with Crippen LogP contribution in [0.25, 0.3) is 0 Å². The normalized spacial score (nSPS) is 10.1. The Balaban J connectivity index is 2.09. The topological polar surface area (TPSA) is 123 Å². The lowest BCUT2D eigenvalue weighted by Gasteiger charge is -2.02. The Morgan fingerprint density at radius 3 is 2.82 bits per heavy atom. The Kier molecular flexibility index (Phi) is 2.86. The van der Waals surface area contributed by atoms with Crippen LogP contribution in [0.4, 0.5) is 0 Å². The first-order valence-corrected chi connectivity index (χ1v) is 4.75. The molecule has 0 aliphatic heterocycles. The second kappa shape index (κ2) is 4.47. The Hall–Kier alpha value is -2.64. The molecule has 0 spiro atoms. The predicted octanol–water partition coefficient (Wildman–Crippen LogP) is -1.28. The van der Waals surface area contributed by atoms with E-state index >= 15 is 0 Å². The summed E-state index contributed by atoms with van der Waals surface area (Å²) >= 11 is 0. The van der Waals surface area contributed by atoms with Crippen LogP contribution in [-0.2, 0) is 6.54 Å². The molecule has 0 saturated heterocycles. The summed E-state index contributed by atoms with van der Waals surface area (Å²) < 4.78 is 0. The highest BCUT2D eigenvalue weighted by atomic mass is 16.2. The van der Waals surface area contributed by atoms with Gasteiger partial charge in [0.05, 0.1) is 6.54 Å². The summed E-state index contributed by atoms with van der Waals surface area (Å²) in [6, 6.07) is 1.01. The van der Waals surface area contributed by atoms with Gasteiger partial charge in [-0.15, -0.1) is 0 Å². The van der Waals surface area contributed by atoms with Crippen LogP contribution in [0.5, 0.6) is 0 Å². The number of imidazole rings is 1. The third-order valence-corrected chi connectivity index (χ3v) is 1.98. The van der Waals surface area contributed by atoms with Gasteiger partial charge in [0, 0.05) is 18.5 Å². The highest BCUT2D eigenvalue weighted by Gasteiger charge is 2.07. The fraction of sp³-hybridized carbons (Fsp3) is 0.111. The number of aromatic nitrogens is 4. The van der Waals surface area contributed by atoms with Crippen LogP contribution in [0.15, 0.2) is 28.0 Å². The van der Waals surface area contributed by atoms with Crippen molar-refractivity contribution in [1.82, 2.24) is 25.3 Å². The van der Waals surface area contributed by atoms with Crippen LogP contribution >= 0.6 is 0 Å². The fourth-order valence-electron chi connectivity index (χ4n) is 1.24. The molecule has 0 atom stereocenters. The number of hydrogen-bond donors (Lipinski definition) is 4. The Morgan fingerprint density at radius 2 is 2.18 bits per heavy atom. The Bertz CT molecular complexity index is 596. The lowest BCUT2D eigenvalue weighted by Crippen LogP contribution is -2.30. The minimum Gasteiger partial charge on any atom is -0.347 e. The van der Waals surface area contributed by atoms with Crippen LogP contribution < -0.4 is 16.6 Å². The van der Waals surface area contributed by atoms with Crippen LogP contribution in [0.3, 0.4) is 0 Å². The average Bonchev–Trinajstić information content (AvgIpc) is 2.77. The zero-order valence-electron chi connectivity index (χ0n) is 8.61. The van der Waals surface area contributed by atoms with E-state index in [0.717, 1.165) is 6.07 Å². The summed E-state index contributed by atoms with van der Waals surface area (Å²) in [5, 5.41) is 2.50. The quantitative estimate of drug-likeness (QED) is 0.528. The van der Waals surface area contributed by atoms with Crippen molar-refractivity contribution in [3.8, 4) is 0 Å². The number of nitrogens with zero attached hydrogens (tertiary/aromatic N) is 1. The van der Waals surface area contributed by atoms with Gasteiger partial charge in [-0.3, -0.25) is 14.6 Å². The number of nitrogens with one attached hydrogen (secondary N) is 4. The van der Waals surface area contributed by atoms with Crippen molar-refractivity contribution < 1.29 is 4.79 Å². The second-order valence-electron chi connectivity index (χ2n) is 3.22. The molecule has 0 unspecified atom stereocenters. The molecule has 0 fully saturated rings. The van der Waals surface area contributed by atoms with Crippen molar-refractivity contribution >= 4 is 5.91 Å². The number of hydrogen-bond acceptors (Lipinski definition) is 4. The van der Waals surface area contributed by atoms with Gasteiger partial charge in [-0.2, -0.15) is 0 Å². The monoisotopic (exact) mass is 235 g/mol. The Morgan fingerprint density at radius 1 is 1.35 bits per heavy atom. The molecule has 1 amide bonds. The molecular formula is C9H9N5O3. The summed E-state index contributed by atoms with van der Waals surface area (Å²) in [6.45, 7) is 0.181. The predicted molar refractivity (Wildman–Crippen MR) is 57.4 cm³/mol. The molecule has 0 bridgehead atoms. The SMILES string of the molecule is O=C(NCc1ncc[nH]1)c1cc(=O)[nH]c(=O)[nH]1. The van der Waals surface area contributed by atoms with Crippen LogP contribution in [0.1, 0.15) is 16.3 Å². The number of H-pyrrole nitrogens is 3. The van der Waals surface area contributed by atoms with Crippen molar-refractivity contribution in [3.05, 3.63) is 50.8 Å². The second-order valence-corrected chi connectivity index (χ2v) is 3.22. The van der Waals surface area contributed by atoms with Crippen LogP contribution in [-0.4, -0.2) is 25.8 Å². The van der Waals surface area contributed by atoms with Crippen molar-refractivity contribution in [2.75, 3.05) is 0 Å². The summed E-state index contributed by atoms with van der Waals surface area (Å²) in [5.41, 5.74) is -1.44. The van der Waals surface area contributed by atoms with Gasteiger partial charge in [-0.05, 0) is 0 Å². The standard InChI is InChI=1S/C9H9N5O3/c15-7-3-5(13-9(17)14-7)8(16)12-4-6-10-1-2-11-6/h1-3H,4H2,(H,10,11)(H,12,16)(H2,13,14,15,17). The molecule has 2 heterocycles. The largest absolute Gasteiger partial charge is 0.347 e.